The molecule has 1 unspecified atom stereocenters. The predicted molar refractivity (Wildman–Crippen MR) is 102 cm³/mol. The number of benzene rings is 2. The Labute approximate surface area is 162 Å². The maximum absolute atomic E-state index is 13.1. The molecule has 0 fully saturated rings. The van der Waals surface area contributed by atoms with Gasteiger partial charge in [-0.15, -0.1) is 5.10 Å². The van der Waals surface area contributed by atoms with E-state index in [0.717, 1.165) is 16.8 Å². The zero-order valence-corrected chi connectivity index (χ0v) is 15.7. The second-order valence-electron chi connectivity index (χ2n) is 7.15. The van der Waals surface area contributed by atoms with E-state index in [-0.39, 0.29) is 30.1 Å². The Morgan fingerprint density at radius 3 is 2.79 bits per heavy atom. The highest BCUT2D eigenvalue weighted by Gasteiger charge is 2.27. The van der Waals surface area contributed by atoms with Gasteiger partial charge < -0.3 is 10.1 Å². The van der Waals surface area contributed by atoms with Crippen LogP contribution in [0.3, 0.4) is 0 Å². The van der Waals surface area contributed by atoms with Gasteiger partial charge in [0.15, 0.2) is 5.69 Å². The molecule has 1 atom stereocenters. The van der Waals surface area contributed by atoms with Crippen molar-refractivity contribution in [3.8, 4) is 0 Å². The van der Waals surface area contributed by atoms with Gasteiger partial charge in [-0.25, -0.2) is 9.07 Å². The summed E-state index contributed by atoms with van der Waals surface area (Å²) in [5, 5.41) is 11.1. The number of carbonyl (C=O) groups excluding carboxylic acids is 1. The van der Waals surface area contributed by atoms with Gasteiger partial charge in [-0.05, 0) is 41.3 Å². The Kier molecular flexibility index (Phi) is 4.92. The number of anilines is 1. The lowest BCUT2D eigenvalue weighted by molar-refractivity contribution is -0.00174. The van der Waals surface area contributed by atoms with Crippen LogP contribution in [0.25, 0.3) is 0 Å². The molecule has 7 heteroatoms. The van der Waals surface area contributed by atoms with E-state index in [9.17, 15) is 9.18 Å². The maximum Gasteiger partial charge on any atom is 0.278 e. The van der Waals surface area contributed by atoms with Crippen LogP contribution in [0, 0.1) is 5.82 Å². The molecule has 4 rings (SSSR count). The Balaban J connectivity index is 1.50. The topological polar surface area (TPSA) is 69.0 Å². The molecule has 1 aliphatic rings. The molecule has 1 N–H and O–H groups in total. The van der Waals surface area contributed by atoms with Crippen molar-refractivity contribution in [3.63, 3.8) is 0 Å². The zero-order chi connectivity index (χ0) is 19.7. The first-order chi connectivity index (χ1) is 13.5. The largest absolute Gasteiger partial charge is 0.365 e. The number of hydrogen-bond donors (Lipinski definition) is 1. The van der Waals surface area contributed by atoms with Crippen molar-refractivity contribution < 1.29 is 13.9 Å². The van der Waals surface area contributed by atoms with Gasteiger partial charge in [0.2, 0.25) is 0 Å². The maximum atomic E-state index is 13.1. The molecule has 1 aromatic heterocycles. The average molecular weight is 380 g/mol. The highest BCUT2D eigenvalue weighted by Crippen LogP contribution is 2.27. The van der Waals surface area contributed by atoms with Crippen LogP contribution in [-0.2, 0) is 17.9 Å². The zero-order valence-electron chi connectivity index (χ0n) is 15.7. The van der Waals surface area contributed by atoms with Crippen molar-refractivity contribution >= 4 is 11.6 Å². The molecule has 2 aromatic carbocycles. The van der Waals surface area contributed by atoms with Crippen molar-refractivity contribution in [2.75, 3.05) is 5.32 Å². The number of aromatic nitrogens is 3. The fourth-order valence-electron chi connectivity index (χ4n) is 3.23. The molecule has 0 spiro atoms. The Hall–Kier alpha value is -3.06. The molecule has 0 radical (unpaired) electrons. The third kappa shape index (κ3) is 3.66. The molecule has 2 heterocycles. The summed E-state index contributed by atoms with van der Waals surface area (Å²) in [7, 11) is 0. The van der Waals surface area contributed by atoms with Gasteiger partial charge in [-0.2, -0.15) is 0 Å². The lowest BCUT2D eigenvalue weighted by Crippen LogP contribution is -2.24. The summed E-state index contributed by atoms with van der Waals surface area (Å²) in [6.07, 6.45) is -0.256. The molecule has 3 aromatic rings. The van der Waals surface area contributed by atoms with Gasteiger partial charge >= 0.3 is 0 Å². The molecule has 1 aliphatic heterocycles. The van der Waals surface area contributed by atoms with Gasteiger partial charge in [0.1, 0.15) is 11.9 Å². The normalized spacial score (nSPS) is 16.1. The highest BCUT2D eigenvalue weighted by atomic mass is 19.1. The van der Waals surface area contributed by atoms with Gasteiger partial charge in [-0.3, -0.25) is 4.79 Å². The van der Waals surface area contributed by atoms with Crippen LogP contribution in [0.5, 0.6) is 0 Å². The van der Waals surface area contributed by atoms with E-state index in [4.69, 9.17) is 4.74 Å². The summed E-state index contributed by atoms with van der Waals surface area (Å²) in [5.74, 6) is -0.233. The molecule has 144 valence electrons. The van der Waals surface area contributed by atoms with Crippen LogP contribution >= 0.6 is 0 Å². The van der Waals surface area contributed by atoms with Crippen LogP contribution in [0.4, 0.5) is 10.1 Å². The van der Waals surface area contributed by atoms with E-state index < -0.39 is 0 Å². The first-order valence-electron chi connectivity index (χ1n) is 9.22. The lowest BCUT2D eigenvalue weighted by Gasteiger charge is -2.24. The third-order valence-corrected chi connectivity index (χ3v) is 4.87. The van der Waals surface area contributed by atoms with Crippen LogP contribution in [-0.4, -0.2) is 20.9 Å². The van der Waals surface area contributed by atoms with Crippen LogP contribution in [0.1, 0.15) is 53.2 Å². The number of ether oxygens (including phenoxy) is 1. The number of fused-ring (bicyclic) bond motifs is 1. The summed E-state index contributed by atoms with van der Waals surface area (Å²) in [4.78, 5) is 12.7. The predicted octanol–water partition coefficient (Wildman–Crippen LogP) is 4.06. The number of nitrogens with zero attached hydrogens (tertiary/aromatic N) is 3. The molecule has 1 amide bonds. The first kappa shape index (κ1) is 18.3. The van der Waals surface area contributed by atoms with Crippen LogP contribution < -0.4 is 5.32 Å². The smallest absolute Gasteiger partial charge is 0.278 e. The fraction of sp³-hybridized carbons (Fsp3) is 0.286. The van der Waals surface area contributed by atoms with Gasteiger partial charge in [0, 0.05) is 5.69 Å². The van der Waals surface area contributed by atoms with E-state index >= 15 is 0 Å². The van der Waals surface area contributed by atoms with Crippen LogP contribution in [0.2, 0.25) is 0 Å². The number of amides is 1. The summed E-state index contributed by atoms with van der Waals surface area (Å²) < 4.78 is 20.7. The molecule has 0 saturated carbocycles. The minimum absolute atomic E-state index is 0.212. The molecule has 0 bridgehead atoms. The number of hydrogen-bond acceptors (Lipinski definition) is 4. The summed E-state index contributed by atoms with van der Waals surface area (Å²) in [6.45, 7) is 4.84. The average Bonchev–Trinajstić information content (AvgIpc) is 3.12. The minimum atomic E-state index is -0.314. The first-order valence-corrected chi connectivity index (χ1v) is 9.22. The molecular weight excluding hydrogens is 359 g/mol. The van der Waals surface area contributed by atoms with E-state index in [1.807, 2.05) is 24.3 Å². The van der Waals surface area contributed by atoms with Gasteiger partial charge in [0.05, 0.1) is 18.8 Å². The minimum Gasteiger partial charge on any atom is -0.365 e. The SMILES string of the molecule is CC(C)c1cccc(NC(=O)c2nnn3c2COC(c2ccc(F)cc2)C3)c1. The third-order valence-electron chi connectivity index (χ3n) is 4.87. The van der Waals surface area contributed by atoms with Crippen molar-refractivity contribution in [1.29, 1.82) is 0 Å². The fourth-order valence-corrected chi connectivity index (χ4v) is 3.23. The van der Waals surface area contributed by atoms with Gasteiger partial charge in [-0.1, -0.05) is 43.3 Å². The van der Waals surface area contributed by atoms with E-state index in [2.05, 4.69) is 29.5 Å². The second kappa shape index (κ2) is 7.52. The Bertz CT molecular complexity index is 998. The van der Waals surface area contributed by atoms with Crippen LogP contribution in [0.15, 0.2) is 48.5 Å². The Morgan fingerprint density at radius 2 is 2.04 bits per heavy atom. The summed E-state index contributed by atoms with van der Waals surface area (Å²) >= 11 is 0. The molecule has 0 saturated heterocycles. The molecule has 6 nitrogen and oxygen atoms in total. The number of halogens is 1. The van der Waals surface area contributed by atoms with Crippen molar-refractivity contribution in [2.45, 2.75) is 39.0 Å². The molecule has 0 aliphatic carbocycles. The second-order valence-corrected chi connectivity index (χ2v) is 7.15. The quantitative estimate of drug-likeness (QED) is 0.741. The van der Waals surface area contributed by atoms with E-state index in [0.29, 0.717) is 18.2 Å². The van der Waals surface area contributed by atoms with Crippen molar-refractivity contribution in [2.24, 2.45) is 0 Å². The molecule has 28 heavy (non-hydrogen) atoms. The lowest BCUT2D eigenvalue weighted by atomic mass is 10.0. The number of carbonyl (C=O) groups is 1. The summed E-state index contributed by atoms with van der Waals surface area (Å²) in [5.41, 5.74) is 3.62. The van der Waals surface area contributed by atoms with E-state index in [1.165, 1.54) is 12.1 Å². The Morgan fingerprint density at radius 1 is 1.25 bits per heavy atom. The highest BCUT2D eigenvalue weighted by molar-refractivity contribution is 6.03. The summed E-state index contributed by atoms with van der Waals surface area (Å²) in [6, 6.07) is 13.9. The number of rotatable bonds is 4. The molecular formula is C21H21FN4O2. The standard InChI is InChI=1S/C21H21FN4O2/c1-13(2)15-4-3-5-17(10-15)23-21(27)20-18-12-28-19(11-26(18)25-24-20)14-6-8-16(22)9-7-14/h3-10,13,19H,11-12H2,1-2H3,(H,23,27). The monoisotopic (exact) mass is 380 g/mol. The number of nitrogens with one attached hydrogen (secondary N) is 1. The van der Waals surface area contributed by atoms with E-state index in [1.54, 1.807) is 16.8 Å². The van der Waals surface area contributed by atoms with Crippen molar-refractivity contribution in [3.05, 3.63) is 76.9 Å². The van der Waals surface area contributed by atoms with Gasteiger partial charge in [0.25, 0.3) is 5.91 Å². The van der Waals surface area contributed by atoms with Crippen molar-refractivity contribution in [1.82, 2.24) is 15.0 Å².